The molecule has 0 aromatic heterocycles. The van der Waals surface area contributed by atoms with E-state index in [1.807, 2.05) is 0 Å². The van der Waals surface area contributed by atoms with Crippen LogP contribution >= 0.6 is 23.4 Å². The number of nitro benzene ring substituents is 1. The Morgan fingerprint density at radius 1 is 1.19 bits per heavy atom. The summed E-state index contributed by atoms with van der Waals surface area (Å²) in [5, 5.41) is 10.6. The lowest BCUT2D eigenvalue weighted by Crippen LogP contribution is -2.27. The second-order valence-corrected chi connectivity index (χ2v) is 6.69. The van der Waals surface area contributed by atoms with Crippen molar-refractivity contribution < 1.29 is 18.9 Å². The number of amides is 2. The first-order chi connectivity index (χ1) is 12.4. The Balaban J connectivity index is 1.91. The number of nitro groups is 1. The van der Waals surface area contributed by atoms with E-state index in [9.17, 15) is 24.1 Å². The fraction of sp³-hybridized carbons (Fsp3) is 0.0588. The minimum atomic E-state index is -0.655. The van der Waals surface area contributed by atoms with E-state index in [0.29, 0.717) is 11.8 Å². The van der Waals surface area contributed by atoms with E-state index in [4.69, 9.17) is 11.6 Å². The molecule has 0 N–H and O–H groups in total. The van der Waals surface area contributed by atoms with Crippen LogP contribution in [0.25, 0.3) is 6.08 Å². The maximum Gasteiger partial charge on any atom is 0.293 e. The summed E-state index contributed by atoms with van der Waals surface area (Å²) < 4.78 is 13.9. The maximum atomic E-state index is 13.9. The number of hydrogen-bond acceptors (Lipinski definition) is 5. The quantitative estimate of drug-likeness (QED) is 0.430. The molecule has 0 spiro atoms. The lowest BCUT2D eigenvalue weighted by molar-refractivity contribution is -0.385. The van der Waals surface area contributed by atoms with Crippen molar-refractivity contribution in [3.8, 4) is 0 Å². The van der Waals surface area contributed by atoms with Gasteiger partial charge in [0.25, 0.3) is 16.8 Å². The standard InChI is InChI=1S/C17H10ClFN2O4S/c18-12-5-3-6-13(19)11(12)8-15-16(22)20(17(23)26-15)9-10-4-1-2-7-14(10)21(24)25/h1-8H,9H2/b15-8-. The third-order valence-electron chi connectivity index (χ3n) is 3.67. The van der Waals surface area contributed by atoms with Crippen molar-refractivity contribution in [1.29, 1.82) is 0 Å². The van der Waals surface area contributed by atoms with Crippen molar-refractivity contribution in [3.63, 3.8) is 0 Å². The third kappa shape index (κ3) is 3.47. The molecule has 9 heteroatoms. The van der Waals surface area contributed by atoms with E-state index in [-0.39, 0.29) is 33.3 Å². The predicted molar refractivity (Wildman–Crippen MR) is 96.0 cm³/mol. The van der Waals surface area contributed by atoms with E-state index in [1.54, 1.807) is 6.07 Å². The number of thioether (sulfide) groups is 1. The first-order valence-electron chi connectivity index (χ1n) is 7.30. The van der Waals surface area contributed by atoms with Gasteiger partial charge in [-0.05, 0) is 30.0 Å². The zero-order valence-electron chi connectivity index (χ0n) is 13.0. The third-order valence-corrected chi connectivity index (χ3v) is 4.90. The highest BCUT2D eigenvalue weighted by atomic mass is 35.5. The normalized spacial score (nSPS) is 15.8. The maximum absolute atomic E-state index is 13.9. The van der Waals surface area contributed by atoms with Crippen LogP contribution < -0.4 is 0 Å². The number of benzene rings is 2. The monoisotopic (exact) mass is 392 g/mol. The molecule has 3 rings (SSSR count). The van der Waals surface area contributed by atoms with Crippen LogP contribution in [0.5, 0.6) is 0 Å². The molecule has 0 unspecified atom stereocenters. The lowest BCUT2D eigenvalue weighted by atomic mass is 10.1. The van der Waals surface area contributed by atoms with Gasteiger partial charge in [0.15, 0.2) is 0 Å². The van der Waals surface area contributed by atoms with Crippen molar-refractivity contribution in [2.45, 2.75) is 6.54 Å². The molecule has 1 heterocycles. The molecular weight excluding hydrogens is 383 g/mol. The Morgan fingerprint density at radius 2 is 1.92 bits per heavy atom. The van der Waals surface area contributed by atoms with Crippen molar-refractivity contribution in [1.82, 2.24) is 4.90 Å². The molecule has 1 fully saturated rings. The van der Waals surface area contributed by atoms with Gasteiger partial charge in [-0.1, -0.05) is 35.9 Å². The molecule has 26 heavy (non-hydrogen) atoms. The highest BCUT2D eigenvalue weighted by Gasteiger charge is 2.36. The predicted octanol–water partition coefficient (Wildman–Crippen LogP) is 4.62. The molecule has 0 atom stereocenters. The first-order valence-corrected chi connectivity index (χ1v) is 8.49. The summed E-state index contributed by atoms with van der Waals surface area (Å²) in [6, 6.07) is 9.92. The molecule has 132 valence electrons. The summed E-state index contributed by atoms with van der Waals surface area (Å²) in [6.07, 6.45) is 1.21. The number of carbonyl (C=O) groups excluding carboxylic acids is 2. The van der Waals surface area contributed by atoms with Gasteiger partial charge in [0.2, 0.25) is 0 Å². The van der Waals surface area contributed by atoms with Crippen LogP contribution in [-0.4, -0.2) is 21.0 Å². The van der Waals surface area contributed by atoms with Crippen LogP contribution in [0.3, 0.4) is 0 Å². The van der Waals surface area contributed by atoms with E-state index in [0.717, 1.165) is 4.90 Å². The van der Waals surface area contributed by atoms with Crippen LogP contribution in [0.15, 0.2) is 47.4 Å². The number of carbonyl (C=O) groups is 2. The molecular formula is C17H10ClFN2O4S. The van der Waals surface area contributed by atoms with Gasteiger partial charge in [-0.15, -0.1) is 0 Å². The smallest absolute Gasteiger partial charge is 0.268 e. The molecule has 0 saturated carbocycles. The molecule has 6 nitrogen and oxygen atoms in total. The minimum Gasteiger partial charge on any atom is -0.268 e. The summed E-state index contributed by atoms with van der Waals surface area (Å²) in [5.41, 5.74) is 0.0445. The van der Waals surface area contributed by atoms with Gasteiger partial charge in [-0.3, -0.25) is 24.6 Å². The minimum absolute atomic E-state index is 0.000541. The zero-order chi connectivity index (χ0) is 18.8. The van der Waals surface area contributed by atoms with E-state index in [2.05, 4.69) is 0 Å². The Bertz CT molecular complexity index is 943. The molecule has 1 saturated heterocycles. The summed E-state index contributed by atoms with van der Waals surface area (Å²) in [7, 11) is 0. The molecule has 1 aliphatic rings. The number of nitrogens with zero attached hydrogens (tertiary/aromatic N) is 2. The van der Waals surface area contributed by atoms with Gasteiger partial charge >= 0.3 is 0 Å². The van der Waals surface area contributed by atoms with Crippen LogP contribution in [0.4, 0.5) is 14.9 Å². The van der Waals surface area contributed by atoms with Gasteiger partial charge in [0.05, 0.1) is 21.4 Å². The van der Waals surface area contributed by atoms with Crippen molar-refractivity contribution >= 4 is 46.3 Å². The topological polar surface area (TPSA) is 80.5 Å². The second kappa shape index (κ2) is 7.27. The van der Waals surface area contributed by atoms with Crippen LogP contribution in [0.1, 0.15) is 11.1 Å². The Hall–Kier alpha value is -2.71. The molecule has 1 aliphatic heterocycles. The van der Waals surface area contributed by atoms with Gasteiger partial charge in [0.1, 0.15) is 5.82 Å². The molecule has 2 amide bonds. The van der Waals surface area contributed by atoms with Gasteiger partial charge < -0.3 is 0 Å². The summed E-state index contributed by atoms with van der Waals surface area (Å²) in [5.74, 6) is -1.28. The molecule has 2 aromatic carbocycles. The average Bonchev–Trinajstić information content (AvgIpc) is 2.86. The first kappa shape index (κ1) is 18.1. The summed E-state index contributed by atoms with van der Waals surface area (Å²) in [6.45, 7) is -0.246. The fourth-order valence-electron chi connectivity index (χ4n) is 2.41. The van der Waals surface area contributed by atoms with E-state index in [1.165, 1.54) is 42.5 Å². The van der Waals surface area contributed by atoms with Gasteiger partial charge in [0, 0.05) is 17.2 Å². The van der Waals surface area contributed by atoms with Crippen molar-refractivity contribution in [2.75, 3.05) is 0 Å². The van der Waals surface area contributed by atoms with Crippen LogP contribution in [0, 0.1) is 15.9 Å². The number of para-hydroxylation sites is 1. The average molecular weight is 393 g/mol. The number of imide groups is 1. The Morgan fingerprint density at radius 3 is 2.62 bits per heavy atom. The Kier molecular flexibility index (Phi) is 5.06. The van der Waals surface area contributed by atoms with Gasteiger partial charge in [-0.2, -0.15) is 0 Å². The fourth-order valence-corrected chi connectivity index (χ4v) is 3.45. The largest absolute Gasteiger partial charge is 0.293 e. The van der Waals surface area contributed by atoms with E-state index < -0.39 is 21.9 Å². The van der Waals surface area contributed by atoms with Crippen molar-refractivity contribution in [3.05, 3.63) is 79.5 Å². The molecule has 0 radical (unpaired) electrons. The van der Waals surface area contributed by atoms with Crippen LogP contribution in [-0.2, 0) is 11.3 Å². The SMILES string of the molecule is O=C1S/C(=C\c2c(F)cccc2Cl)C(=O)N1Cc1ccccc1[N+](=O)[O-]. The highest BCUT2D eigenvalue weighted by molar-refractivity contribution is 8.18. The lowest BCUT2D eigenvalue weighted by Gasteiger charge is -2.12. The summed E-state index contributed by atoms with van der Waals surface area (Å²) >= 11 is 6.57. The molecule has 0 aliphatic carbocycles. The zero-order valence-corrected chi connectivity index (χ0v) is 14.6. The van der Waals surface area contributed by atoms with Gasteiger partial charge in [-0.25, -0.2) is 4.39 Å². The molecule has 2 aromatic rings. The Labute approximate surface area is 156 Å². The second-order valence-electron chi connectivity index (χ2n) is 5.29. The van der Waals surface area contributed by atoms with E-state index >= 15 is 0 Å². The van der Waals surface area contributed by atoms with Crippen molar-refractivity contribution in [2.24, 2.45) is 0 Å². The van der Waals surface area contributed by atoms with Crippen LogP contribution in [0.2, 0.25) is 5.02 Å². The number of hydrogen-bond donors (Lipinski definition) is 0. The number of halogens is 2. The molecule has 0 bridgehead atoms. The summed E-state index contributed by atoms with van der Waals surface area (Å²) in [4.78, 5) is 36.1. The highest BCUT2D eigenvalue weighted by Crippen LogP contribution is 2.35. The number of rotatable bonds is 4.